The second-order valence-corrected chi connectivity index (χ2v) is 6.13. The summed E-state index contributed by atoms with van der Waals surface area (Å²) in [6.07, 6.45) is 0. The highest BCUT2D eigenvalue weighted by Crippen LogP contribution is 2.34. The van der Waals surface area contributed by atoms with E-state index in [1.54, 1.807) is 0 Å². The predicted molar refractivity (Wildman–Crippen MR) is 95.7 cm³/mol. The molecule has 0 bridgehead atoms. The SMILES string of the molecule is C=C(C)N1NC(c2ccccc2)C(Oc2ccc(SN)cc2)=C1O. The van der Waals surface area contributed by atoms with Gasteiger partial charge in [0.2, 0.25) is 5.88 Å². The number of aliphatic hydroxyl groups excluding tert-OH is 1. The molecule has 1 atom stereocenters. The highest BCUT2D eigenvalue weighted by Gasteiger charge is 2.35. The lowest BCUT2D eigenvalue weighted by Gasteiger charge is -2.20. The number of nitrogens with two attached hydrogens (primary N) is 1. The van der Waals surface area contributed by atoms with Gasteiger partial charge in [-0.1, -0.05) is 36.9 Å². The molecule has 124 valence electrons. The van der Waals surface area contributed by atoms with E-state index < -0.39 is 0 Å². The summed E-state index contributed by atoms with van der Waals surface area (Å²) in [5, 5.41) is 17.6. The molecule has 0 fully saturated rings. The second kappa shape index (κ2) is 7.00. The normalized spacial score (nSPS) is 17.2. The Morgan fingerprint density at radius 3 is 2.46 bits per heavy atom. The van der Waals surface area contributed by atoms with Crippen LogP contribution < -0.4 is 15.3 Å². The molecule has 0 saturated heterocycles. The highest BCUT2D eigenvalue weighted by molar-refractivity contribution is 7.97. The molecule has 2 aromatic carbocycles. The molecule has 1 heterocycles. The zero-order chi connectivity index (χ0) is 17.1. The van der Waals surface area contributed by atoms with Gasteiger partial charge in [-0.2, -0.15) is 0 Å². The predicted octanol–water partition coefficient (Wildman–Crippen LogP) is 3.85. The number of aliphatic hydroxyl groups is 1. The number of hydrazine groups is 1. The molecule has 3 rings (SSSR count). The van der Waals surface area contributed by atoms with Crippen LogP contribution in [-0.4, -0.2) is 10.1 Å². The Hall–Kier alpha value is -2.41. The molecule has 0 spiro atoms. The molecular weight excluding hydrogens is 322 g/mol. The number of hydrogen-bond acceptors (Lipinski definition) is 6. The minimum Gasteiger partial charge on any atom is -0.491 e. The van der Waals surface area contributed by atoms with Gasteiger partial charge in [-0.3, -0.25) is 5.14 Å². The van der Waals surface area contributed by atoms with E-state index in [9.17, 15) is 5.11 Å². The van der Waals surface area contributed by atoms with Crippen molar-refractivity contribution in [2.75, 3.05) is 0 Å². The maximum Gasteiger partial charge on any atom is 0.248 e. The van der Waals surface area contributed by atoms with Gasteiger partial charge in [0.05, 0.1) is 0 Å². The average Bonchev–Trinajstić information content (AvgIpc) is 2.93. The molecule has 0 radical (unpaired) electrons. The molecule has 24 heavy (non-hydrogen) atoms. The first kappa shape index (κ1) is 16.4. The number of benzene rings is 2. The Balaban J connectivity index is 1.93. The van der Waals surface area contributed by atoms with Gasteiger partial charge in [-0.15, -0.1) is 0 Å². The standard InChI is InChI=1S/C18H19N3O2S/c1-12(2)21-18(22)17(16(20-21)13-6-4-3-5-7-13)23-14-8-10-15(24-19)11-9-14/h3-11,16,20,22H,1,19H2,2H3. The summed E-state index contributed by atoms with van der Waals surface area (Å²) in [6.45, 7) is 5.68. The Labute approximate surface area is 145 Å². The van der Waals surface area contributed by atoms with Crippen LogP contribution in [0, 0.1) is 0 Å². The number of nitrogens with zero attached hydrogens (tertiary/aromatic N) is 1. The summed E-state index contributed by atoms with van der Waals surface area (Å²) in [6, 6.07) is 16.9. The van der Waals surface area contributed by atoms with Crippen molar-refractivity contribution in [3.63, 3.8) is 0 Å². The van der Waals surface area contributed by atoms with Gasteiger partial charge in [0, 0.05) is 10.6 Å². The van der Waals surface area contributed by atoms with Crippen LogP contribution in [0.5, 0.6) is 5.75 Å². The fourth-order valence-electron chi connectivity index (χ4n) is 2.47. The van der Waals surface area contributed by atoms with Gasteiger partial charge in [0.1, 0.15) is 11.8 Å². The van der Waals surface area contributed by atoms with Crippen LogP contribution in [0.25, 0.3) is 0 Å². The number of hydrogen-bond donors (Lipinski definition) is 3. The maximum atomic E-state index is 10.5. The van der Waals surface area contributed by atoms with E-state index in [2.05, 4.69) is 12.0 Å². The molecule has 1 aliphatic heterocycles. The molecule has 0 aliphatic carbocycles. The third kappa shape index (κ3) is 3.26. The van der Waals surface area contributed by atoms with E-state index in [-0.39, 0.29) is 11.9 Å². The van der Waals surface area contributed by atoms with Gasteiger partial charge in [-0.05, 0) is 48.7 Å². The molecule has 0 amide bonds. The minimum absolute atomic E-state index is 0.00799. The van der Waals surface area contributed by atoms with Crippen molar-refractivity contribution in [3.05, 3.63) is 84.1 Å². The molecule has 0 aromatic heterocycles. The van der Waals surface area contributed by atoms with E-state index in [1.807, 2.05) is 61.5 Å². The monoisotopic (exact) mass is 341 g/mol. The number of ether oxygens (including phenoxy) is 1. The van der Waals surface area contributed by atoms with Crippen molar-refractivity contribution in [1.29, 1.82) is 0 Å². The Morgan fingerprint density at radius 2 is 1.88 bits per heavy atom. The largest absolute Gasteiger partial charge is 0.491 e. The van der Waals surface area contributed by atoms with Gasteiger partial charge >= 0.3 is 0 Å². The highest BCUT2D eigenvalue weighted by atomic mass is 32.2. The van der Waals surface area contributed by atoms with E-state index >= 15 is 0 Å². The molecule has 1 aliphatic rings. The van der Waals surface area contributed by atoms with E-state index in [0.717, 1.165) is 10.5 Å². The summed E-state index contributed by atoms with van der Waals surface area (Å²) < 4.78 is 5.97. The molecule has 1 unspecified atom stereocenters. The third-order valence-electron chi connectivity index (χ3n) is 3.65. The summed E-state index contributed by atoms with van der Waals surface area (Å²) >= 11 is 1.17. The molecule has 0 saturated carbocycles. The molecule has 4 N–H and O–H groups in total. The third-order valence-corrected chi connectivity index (χ3v) is 4.20. The van der Waals surface area contributed by atoms with E-state index in [4.69, 9.17) is 9.88 Å². The summed E-state index contributed by atoms with van der Waals surface area (Å²) in [5.41, 5.74) is 4.86. The van der Waals surface area contributed by atoms with Gasteiger partial charge in [-0.25, -0.2) is 10.4 Å². The summed E-state index contributed by atoms with van der Waals surface area (Å²) in [5.74, 6) is 1.06. The van der Waals surface area contributed by atoms with E-state index in [0.29, 0.717) is 17.2 Å². The summed E-state index contributed by atoms with van der Waals surface area (Å²) in [4.78, 5) is 0.938. The number of allylic oxidation sites excluding steroid dienone is 1. The topological polar surface area (TPSA) is 70.8 Å². The lowest BCUT2D eigenvalue weighted by Crippen LogP contribution is -2.31. The first-order valence-electron chi connectivity index (χ1n) is 7.44. The van der Waals surface area contributed by atoms with Crippen LogP contribution in [0.3, 0.4) is 0 Å². The fraction of sp³-hybridized carbons (Fsp3) is 0.111. The molecule has 2 aromatic rings. The van der Waals surface area contributed by atoms with Crippen LogP contribution in [0.15, 0.2) is 83.4 Å². The van der Waals surface area contributed by atoms with Crippen LogP contribution >= 0.6 is 11.9 Å². The zero-order valence-electron chi connectivity index (χ0n) is 13.3. The van der Waals surface area contributed by atoms with Gasteiger partial charge < -0.3 is 9.84 Å². The van der Waals surface area contributed by atoms with Crippen molar-refractivity contribution in [2.45, 2.75) is 17.9 Å². The van der Waals surface area contributed by atoms with Crippen molar-refractivity contribution in [1.82, 2.24) is 10.4 Å². The quantitative estimate of drug-likeness (QED) is 0.718. The Bertz CT molecular complexity index is 760. The smallest absolute Gasteiger partial charge is 0.248 e. The molecule has 6 heteroatoms. The minimum atomic E-state index is -0.300. The molecule has 5 nitrogen and oxygen atoms in total. The fourth-order valence-corrected chi connectivity index (χ4v) is 2.76. The number of rotatable bonds is 5. The van der Waals surface area contributed by atoms with Crippen molar-refractivity contribution >= 4 is 11.9 Å². The first-order valence-corrected chi connectivity index (χ1v) is 8.32. The second-order valence-electron chi connectivity index (χ2n) is 5.42. The zero-order valence-corrected chi connectivity index (χ0v) is 14.1. The number of nitrogens with one attached hydrogen (secondary N) is 1. The van der Waals surface area contributed by atoms with Gasteiger partial charge in [0.15, 0.2) is 5.76 Å². The lowest BCUT2D eigenvalue weighted by atomic mass is 10.1. The van der Waals surface area contributed by atoms with Crippen LogP contribution in [0.2, 0.25) is 0 Å². The van der Waals surface area contributed by atoms with Crippen LogP contribution in [0.1, 0.15) is 18.5 Å². The van der Waals surface area contributed by atoms with Gasteiger partial charge in [0.25, 0.3) is 0 Å². The van der Waals surface area contributed by atoms with Crippen LogP contribution in [-0.2, 0) is 0 Å². The Kier molecular flexibility index (Phi) is 4.80. The Morgan fingerprint density at radius 1 is 1.21 bits per heavy atom. The van der Waals surface area contributed by atoms with E-state index in [1.165, 1.54) is 17.0 Å². The van der Waals surface area contributed by atoms with Crippen molar-refractivity contribution in [2.24, 2.45) is 5.14 Å². The maximum absolute atomic E-state index is 10.5. The molecular formula is C18H19N3O2S. The lowest BCUT2D eigenvalue weighted by molar-refractivity contribution is 0.202. The first-order chi connectivity index (χ1) is 11.6. The average molecular weight is 341 g/mol. The van der Waals surface area contributed by atoms with Crippen molar-refractivity contribution in [3.8, 4) is 5.75 Å². The summed E-state index contributed by atoms with van der Waals surface area (Å²) in [7, 11) is 0. The van der Waals surface area contributed by atoms with Crippen LogP contribution in [0.4, 0.5) is 0 Å². The van der Waals surface area contributed by atoms with Crippen molar-refractivity contribution < 1.29 is 9.84 Å².